The zero-order valence-corrected chi connectivity index (χ0v) is 18.0. The van der Waals surface area contributed by atoms with Gasteiger partial charge in [0.25, 0.3) is 5.91 Å². The number of halogens is 2. The lowest BCUT2D eigenvalue weighted by Crippen LogP contribution is -2.31. The largest absolute Gasteiger partial charge is 0.392 e. The molecule has 0 fully saturated rings. The Bertz CT molecular complexity index is 1160. The molecule has 0 bridgehead atoms. The van der Waals surface area contributed by atoms with Gasteiger partial charge >= 0.3 is 0 Å². The fourth-order valence-electron chi connectivity index (χ4n) is 3.29. The summed E-state index contributed by atoms with van der Waals surface area (Å²) in [5.74, 6) is 0.156. The van der Waals surface area contributed by atoms with Gasteiger partial charge in [0.15, 0.2) is 5.82 Å². The maximum Gasteiger partial charge on any atom is 0.284 e. The van der Waals surface area contributed by atoms with Crippen LogP contribution in [-0.4, -0.2) is 28.1 Å². The number of carbonyl (C=O) groups excluding carboxylic acids is 1. The van der Waals surface area contributed by atoms with E-state index in [0.717, 1.165) is 10.6 Å². The molecule has 0 saturated heterocycles. The van der Waals surface area contributed by atoms with Crippen LogP contribution in [0.2, 0.25) is 10.0 Å². The molecule has 1 aromatic heterocycles. The van der Waals surface area contributed by atoms with Crippen molar-refractivity contribution in [3.8, 4) is 0 Å². The molecule has 1 aliphatic heterocycles. The highest BCUT2D eigenvalue weighted by atomic mass is 35.5. The summed E-state index contributed by atoms with van der Waals surface area (Å²) in [6, 6.07) is 12.3. The number of benzene rings is 2. The first kappa shape index (κ1) is 21.3. The van der Waals surface area contributed by atoms with Gasteiger partial charge in [-0.15, -0.1) is 0 Å². The highest BCUT2D eigenvalue weighted by molar-refractivity contribution is 6.41. The summed E-state index contributed by atoms with van der Waals surface area (Å²) < 4.78 is 0. The Labute approximate surface area is 188 Å². The van der Waals surface area contributed by atoms with Crippen LogP contribution in [0.4, 0.5) is 17.5 Å². The van der Waals surface area contributed by atoms with E-state index < -0.39 is 5.91 Å². The molecule has 3 aromatic rings. The summed E-state index contributed by atoms with van der Waals surface area (Å²) in [5.41, 5.74) is 2.91. The molecule has 0 saturated carbocycles. The average molecular weight is 457 g/mol. The number of nitrogens with one attached hydrogen (secondary N) is 1. The molecule has 0 spiro atoms. The van der Waals surface area contributed by atoms with Crippen LogP contribution in [-0.2, 0) is 22.7 Å². The smallest absolute Gasteiger partial charge is 0.284 e. The Balaban J connectivity index is 1.70. The van der Waals surface area contributed by atoms with Crippen molar-refractivity contribution in [2.75, 3.05) is 17.5 Å². The normalized spacial score (nSPS) is 13.5. The number of amides is 1. The van der Waals surface area contributed by atoms with E-state index in [1.165, 1.54) is 7.11 Å². The molecule has 4 rings (SSSR count). The van der Waals surface area contributed by atoms with Crippen molar-refractivity contribution in [1.82, 2.24) is 9.97 Å². The number of fused-ring (bicyclic) bond motifs is 1. The van der Waals surface area contributed by atoms with E-state index in [2.05, 4.69) is 15.3 Å². The van der Waals surface area contributed by atoms with Crippen molar-refractivity contribution in [2.24, 2.45) is 0 Å². The van der Waals surface area contributed by atoms with E-state index in [1.54, 1.807) is 42.6 Å². The van der Waals surface area contributed by atoms with Crippen LogP contribution >= 0.6 is 23.2 Å². The fourth-order valence-corrected chi connectivity index (χ4v) is 3.89. The number of nitrogens with zero attached hydrogens (tertiary/aromatic N) is 3. The van der Waals surface area contributed by atoms with Gasteiger partial charge in [0.1, 0.15) is 0 Å². The Hall–Kier alpha value is -2.97. The SMILES string of the molecule is CON1C(=O)C(c2c(Cl)cccc2Cl)=CCc2cnc(Nc3cccc(CO)c3)nc21. The standard InChI is InChI=1S/C22H18Cl2N4O3/c1-31-28-20-14(8-9-16(21(28)30)19-17(23)6-3-7-18(19)24)11-25-22(27-20)26-15-5-2-4-13(10-15)12-29/h2-7,9-11,29H,8,12H2,1H3,(H,25,26,27). The summed E-state index contributed by atoms with van der Waals surface area (Å²) in [6.07, 6.45) is 3.76. The highest BCUT2D eigenvalue weighted by Gasteiger charge is 2.30. The minimum absolute atomic E-state index is 0.0778. The van der Waals surface area contributed by atoms with Crippen molar-refractivity contribution in [3.63, 3.8) is 0 Å². The zero-order valence-electron chi connectivity index (χ0n) is 16.5. The molecule has 2 N–H and O–H groups in total. The maximum atomic E-state index is 13.3. The van der Waals surface area contributed by atoms with Gasteiger partial charge in [-0.1, -0.05) is 47.5 Å². The molecular weight excluding hydrogens is 439 g/mol. The molecule has 158 valence electrons. The van der Waals surface area contributed by atoms with Gasteiger partial charge in [-0.25, -0.2) is 4.98 Å². The summed E-state index contributed by atoms with van der Waals surface area (Å²) in [5, 5.41) is 14.2. The third-order valence-electron chi connectivity index (χ3n) is 4.76. The van der Waals surface area contributed by atoms with Gasteiger partial charge in [-0.3, -0.25) is 9.63 Å². The average Bonchev–Trinajstić information content (AvgIpc) is 2.90. The topological polar surface area (TPSA) is 87.6 Å². The number of aliphatic hydroxyl groups excluding tert-OH is 1. The quantitative estimate of drug-likeness (QED) is 0.585. The second-order valence-electron chi connectivity index (χ2n) is 6.73. The lowest BCUT2D eigenvalue weighted by Gasteiger charge is -2.21. The monoisotopic (exact) mass is 456 g/mol. The predicted octanol–water partition coefficient (Wildman–Crippen LogP) is 4.55. The third kappa shape index (κ3) is 4.26. The van der Waals surface area contributed by atoms with E-state index in [9.17, 15) is 9.90 Å². The van der Waals surface area contributed by atoms with E-state index in [-0.39, 0.29) is 12.6 Å². The first-order valence-corrected chi connectivity index (χ1v) is 10.1. The van der Waals surface area contributed by atoms with Gasteiger partial charge in [-0.05, 0) is 36.2 Å². The maximum absolute atomic E-state index is 13.3. The Morgan fingerprint density at radius 2 is 1.94 bits per heavy atom. The number of rotatable bonds is 5. The second-order valence-corrected chi connectivity index (χ2v) is 7.54. The molecule has 31 heavy (non-hydrogen) atoms. The van der Waals surface area contributed by atoms with Gasteiger partial charge in [0.05, 0.1) is 23.8 Å². The molecule has 1 amide bonds. The molecule has 9 heteroatoms. The molecule has 2 aromatic carbocycles. The van der Waals surface area contributed by atoms with Crippen LogP contribution < -0.4 is 10.4 Å². The number of anilines is 3. The zero-order chi connectivity index (χ0) is 22.0. The van der Waals surface area contributed by atoms with E-state index in [0.29, 0.717) is 44.7 Å². The van der Waals surface area contributed by atoms with Crippen LogP contribution in [0, 0.1) is 0 Å². The third-order valence-corrected chi connectivity index (χ3v) is 5.39. The molecule has 0 aliphatic carbocycles. The Morgan fingerprint density at radius 1 is 1.19 bits per heavy atom. The van der Waals surface area contributed by atoms with Crippen molar-refractivity contribution in [2.45, 2.75) is 13.0 Å². The van der Waals surface area contributed by atoms with E-state index >= 15 is 0 Å². The molecule has 0 unspecified atom stereocenters. The predicted molar refractivity (Wildman–Crippen MR) is 120 cm³/mol. The highest BCUT2D eigenvalue weighted by Crippen LogP contribution is 2.36. The summed E-state index contributed by atoms with van der Waals surface area (Å²) in [4.78, 5) is 27.5. The van der Waals surface area contributed by atoms with Crippen molar-refractivity contribution >= 4 is 52.1 Å². The molecule has 7 nitrogen and oxygen atoms in total. The van der Waals surface area contributed by atoms with Gasteiger partial charge < -0.3 is 10.4 Å². The number of hydrogen-bond donors (Lipinski definition) is 2. The van der Waals surface area contributed by atoms with Gasteiger partial charge in [0, 0.05) is 28.6 Å². The van der Waals surface area contributed by atoms with Crippen LogP contribution in [0.1, 0.15) is 16.7 Å². The number of aromatic nitrogens is 2. The lowest BCUT2D eigenvalue weighted by molar-refractivity contribution is -0.119. The second kappa shape index (κ2) is 9.03. The van der Waals surface area contributed by atoms with Crippen LogP contribution in [0.25, 0.3) is 5.57 Å². The molecule has 2 heterocycles. The molecule has 1 aliphatic rings. The Morgan fingerprint density at radius 3 is 2.65 bits per heavy atom. The fraction of sp³-hybridized carbons (Fsp3) is 0.136. The van der Waals surface area contributed by atoms with Crippen LogP contribution in [0.15, 0.2) is 54.7 Å². The number of hydrogen-bond acceptors (Lipinski definition) is 6. The van der Waals surface area contributed by atoms with Crippen molar-refractivity contribution < 1.29 is 14.7 Å². The summed E-state index contributed by atoms with van der Waals surface area (Å²) in [7, 11) is 1.39. The first-order chi connectivity index (χ1) is 15.0. The summed E-state index contributed by atoms with van der Waals surface area (Å²) in [6.45, 7) is -0.0778. The van der Waals surface area contributed by atoms with Gasteiger partial charge in [-0.2, -0.15) is 10.0 Å². The minimum atomic E-state index is -0.442. The lowest BCUT2D eigenvalue weighted by atomic mass is 10.0. The molecule has 0 radical (unpaired) electrons. The van der Waals surface area contributed by atoms with Gasteiger partial charge in [0.2, 0.25) is 5.95 Å². The number of aliphatic hydroxyl groups is 1. The van der Waals surface area contributed by atoms with E-state index in [1.807, 2.05) is 12.1 Å². The van der Waals surface area contributed by atoms with E-state index in [4.69, 9.17) is 28.0 Å². The van der Waals surface area contributed by atoms with Crippen LogP contribution in [0.5, 0.6) is 0 Å². The summed E-state index contributed by atoms with van der Waals surface area (Å²) >= 11 is 12.7. The van der Waals surface area contributed by atoms with Crippen molar-refractivity contribution in [1.29, 1.82) is 0 Å². The number of carbonyl (C=O) groups is 1. The molecular formula is C22H18Cl2N4O3. The van der Waals surface area contributed by atoms with Crippen molar-refractivity contribution in [3.05, 3.63) is 81.5 Å². The Kier molecular flexibility index (Phi) is 6.20. The van der Waals surface area contributed by atoms with Crippen LogP contribution in [0.3, 0.4) is 0 Å². The number of allylic oxidation sites excluding steroid dienone is 1. The first-order valence-electron chi connectivity index (χ1n) is 9.37. The minimum Gasteiger partial charge on any atom is -0.392 e. The molecule has 0 atom stereocenters. The number of hydroxylamine groups is 1.